The minimum absolute atomic E-state index is 0. The second kappa shape index (κ2) is 6.33. The third kappa shape index (κ3) is 4.51. The van der Waals surface area contributed by atoms with Gasteiger partial charge in [0.25, 0.3) is 0 Å². The number of fused-ring (bicyclic) bond motifs is 1. The van der Waals surface area contributed by atoms with E-state index in [1.54, 1.807) is 18.2 Å². The van der Waals surface area contributed by atoms with E-state index in [0.717, 1.165) is 17.7 Å². The van der Waals surface area contributed by atoms with E-state index in [1.165, 1.54) is 0 Å². The van der Waals surface area contributed by atoms with Gasteiger partial charge < -0.3 is 14.4 Å². The number of hydrogen-bond acceptors (Lipinski definition) is 6. The zero-order valence-electron chi connectivity index (χ0n) is 9.83. The molecule has 18 heavy (non-hydrogen) atoms. The van der Waals surface area contributed by atoms with Gasteiger partial charge in [0.15, 0.2) is 6.29 Å². The average molecular weight is 282 g/mol. The summed E-state index contributed by atoms with van der Waals surface area (Å²) in [5.74, 6) is 0.792. The molecule has 8 heteroatoms. The van der Waals surface area contributed by atoms with Gasteiger partial charge in [-0.1, -0.05) is 12.1 Å². The van der Waals surface area contributed by atoms with E-state index in [4.69, 9.17) is 4.74 Å². The molecule has 0 radical (unpaired) electrons. The molecule has 0 saturated carbocycles. The standard InChI is InChI=1S/C10H12O6S.Na/c11-10(16-17(12,13)14)6-7-1-2-9-8(5-7)3-4-15-9;/h1-2,5,10-11H,3-4,6H2,(H,12,13,14);/q;+1/p-1. The summed E-state index contributed by atoms with van der Waals surface area (Å²) >= 11 is 0. The quantitative estimate of drug-likeness (QED) is 0.273. The molecule has 0 spiro atoms. The van der Waals surface area contributed by atoms with Crippen LogP contribution in [0.5, 0.6) is 5.75 Å². The Kier molecular flexibility index (Phi) is 5.60. The second-order valence-corrected chi connectivity index (χ2v) is 4.71. The van der Waals surface area contributed by atoms with Crippen molar-refractivity contribution in [3.63, 3.8) is 0 Å². The molecule has 1 aliphatic rings. The Morgan fingerprint density at radius 1 is 1.50 bits per heavy atom. The molecular weight excluding hydrogens is 271 g/mol. The first kappa shape index (κ1) is 15.9. The summed E-state index contributed by atoms with van der Waals surface area (Å²) in [5.41, 5.74) is 1.69. The van der Waals surface area contributed by atoms with E-state index in [0.29, 0.717) is 12.2 Å². The molecule has 0 aliphatic carbocycles. The van der Waals surface area contributed by atoms with Crippen LogP contribution in [0.3, 0.4) is 0 Å². The van der Waals surface area contributed by atoms with Crippen molar-refractivity contribution in [3.8, 4) is 5.75 Å². The van der Waals surface area contributed by atoms with Gasteiger partial charge >= 0.3 is 29.6 Å². The third-order valence-corrected chi connectivity index (χ3v) is 2.85. The van der Waals surface area contributed by atoms with Crippen LogP contribution in [0.25, 0.3) is 0 Å². The summed E-state index contributed by atoms with van der Waals surface area (Å²) in [6.07, 6.45) is -0.938. The van der Waals surface area contributed by atoms with Crippen molar-refractivity contribution in [2.45, 2.75) is 19.1 Å². The van der Waals surface area contributed by atoms with Gasteiger partial charge in [0.05, 0.1) is 6.61 Å². The Morgan fingerprint density at radius 3 is 2.89 bits per heavy atom. The largest absolute Gasteiger partial charge is 1.00 e. The van der Waals surface area contributed by atoms with Crippen LogP contribution < -0.4 is 34.3 Å². The molecule has 0 aromatic heterocycles. The van der Waals surface area contributed by atoms with Gasteiger partial charge in [-0.25, -0.2) is 12.6 Å². The van der Waals surface area contributed by atoms with Crippen LogP contribution in [0.15, 0.2) is 18.2 Å². The van der Waals surface area contributed by atoms with Gasteiger partial charge in [-0.3, -0.25) is 0 Å². The summed E-state index contributed by atoms with van der Waals surface area (Å²) in [6, 6.07) is 5.23. The van der Waals surface area contributed by atoms with Gasteiger partial charge in [0.1, 0.15) is 5.75 Å². The molecule has 0 amide bonds. The Balaban J connectivity index is 0.00000162. The fraction of sp³-hybridized carbons (Fsp3) is 0.400. The predicted octanol–water partition coefficient (Wildman–Crippen LogP) is -3.04. The fourth-order valence-electron chi connectivity index (χ4n) is 1.74. The van der Waals surface area contributed by atoms with Crippen molar-refractivity contribution in [1.29, 1.82) is 0 Å². The topological polar surface area (TPSA) is 95.9 Å². The summed E-state index contributed by atoms with van der Waals surface area (Å²) in [7, 11) is -4.88. The van der Waals surface area contributed by atoms with E-state index in [9.17, 15) is 18.1 Å². The van der Waals surface area contributed by atoms with E-state index in [2.05, 4.69) is 4.18 Å². The Morgan fingerprint density at radius 2 is 2.22 bits per heavy atom. The van der Waals surface area contributed by atoms with Crippen LogP contribution in [0.2, 0.25) is 0 Å². The molecule has 2 rings (SSSR count). The van der Waals surface area contributed by atoms with Crippen LogP contribution in [0.1, 0.15) is 11.1 Å². The average Bonchev–Trinajstić information content (AvgIpc) is 2.61. The molecule has 1 aromatic rings. The van der Waals surface area contributed by atoms with Crippen LogP contribution in [-0.4, -0.2) is 31.0 Å². The maximum absolute atomic E-state index is 10.3. The molecule has 1 aromatic carbocycles. The number of ether oxygens (including phenoxy) is 1. The summed E-state index contributed by atoms with van der Waals surface area (Å²) in [6.45, 7) is 0.618. The van der Waals surface area contributed by atoms with Crippen molar-refractivity contribution < 1.29 is 56.6 Å². The first-order chi connectivity index (χ1) is 7.94. The molecule has 1 heterocycles. The Hall–Kier alpha value is -0.150. The zero-order valence-corrected chi connectivity index (χ0v) is 12.6. The number of aliphatic hydroxyl groups excluding tert-OH is 1. The minimum Gasteiger partial charge on any atom is -0.725 e. The first-order valence-electron chi connectivity index (χ1n) is 5.01. The smallest absolute Gasteiger partial charge is 0.725 e. The number of hydrogen-bond donors (Lipinski definition) is 1. The summed E-state index contributed by atoms with van der Waals surface area (Å²) in [4.78, 5) is 0. The van der Waals surface area contributed by atoms with Gasteiger partial charge in [-0.05, 0) is 17.2 Å². The molecule has 0 fully saturated rings. The zero-order chi connectivity index (χ0) is 12.5. The van der Waals surface area contributed by atoms with Gasteiger partial charge in [0, 0.05) is 12.8 Å². The van der Waals surface area contributed by atoms with Gasteiger partial charge in [-0.15, -0.1) is 0 Å². The Labute approximate surface area is 127 Å². The van der Waals surface area contributed by atoms with E-state index in [-0.39, 0.29) is 36.0 Å². The number of aliphatic hydroxyl groups is 1. The van der Waals surface area contributed by atoms with Crippen molar-refractivity contribution in [2.75, 3.05) is 6.61 Å². The van der Waals surface area contributed by atoms with Crippen LogP contribution in [-0.2, 0) is 27.4 Å². The van der Waals surface area contributed by atoms with Gasteiger partial charge in [-0.2, -0.15) is 0 Å². The second-order valence-electron chi connectivity index (χ2n) is 3.70. The molecule has 1 unspecified atom stereocenters. The van der Waals surface area contributed by atoms with E-state index < -0.39 is 16.7 Å². The van der Waals surface area contributed by atoms with Crippen molar-refractivity contribution in [3.05, 3.63) is 29.3 Å². The molecule has 0 bridgehead atoms. The normalized spacial score (nSPS) is 15.4. The van der Waals surface area contributed by atoms with Crippen LogP contribution in [0, 0.1) is 0 Å². The monoisotopic (exact) mass is 282 g/mol. The molecule has 94 valence electrons. The molecule has 1 atom stereocenters. The number of rotatable bonds is 4. The minimum atomic E-state index is -4.88. The Bertz CT molecular complexity index is 515. The molecule has 0 saturated heterocycles. The summed E-state index contributed by atoms with van der Waals surface area (Å²) in [5, 5.41) is 9.25. The van der Waals surface area contributed by atoms with E-state index >= 15 is 0 Å². The fourth-order valence-corrected chi connectivity index (χ4v) is 2.08. The maximum Gasteiger partial charge on any atom is 1.00 e. The number of benzene rings is 1. The molecule has 6 nitrogen and oxygen atoms in total. The van der Waals surface area contributed by atoms with Crippen molar-refractivity contribution in [1.82, 2.24) is 0 Å². The molecular formula is C10H11NaO6S. The van der Waals surface area contributed by atoms with Gasteiger partial charge in [0.2, 0.25) is 10.4 Å². The molecule has 1 N–H and O–H groups in total. The molecule has 1 aliphatic heterocycles. The van der Waals surface area contributed by atoms with Crippen molar-refractivity contribution in [2.24, 2.45) is 0 Å². The summed E-state index contributed by atoms with van der Waals surface area (Å²) < 4.78 is 40.0. The first-order valence-corrected chi connectivity index (χ1v) is 6.34. The maximum atomic E-state index is 10.3. The van der Waals surface area contributed by atoms with Crippen LogP contribution in [0.4, 0.5) is 0 Å². The predicted molar refractivity (Wildman–Crippen MR) is 56.1 cm³/mol. The third-order valence-electron chi connectivity index (χ3n) is 2.39. The SMILES string of the molecule is O=S(=O)([O-])OC(O)Cc1ccc2c(c1)CCO2.[Na+]. The van der Waals surface area contributed by atoms with E-state index in [1.807, 2.05) is 0 Å². The van der Waals surface area contributed by atoms with Crippen LogP contribution >= 0.6 is 0 Å². The van der Waals surface area contributed by atoms with Crippen molar-refractivity contribution >= 4 is 10.4 Å².